The minimum Gasteiger partial charge on any atom is -0.440 e. The summed E-state index contributed by atoms with van der Waals surface area (Å²) in [5, 5.41) is 3.26. The number of amides is 1. The molecule has 0 spiro atoms. The first-order valence-electron chi connectivity index (χ1n) is 9.11. The van der Waals surface area contributed by atoms with Gasteiger partial charge in [0.25, 0.3) is 5.91 Å². The van der Waals surface area contributed by atoms with Gasteiger partial charge in [0.2, 0.25) is 0 Å². The van der Waals surface area contributed by atoms with Gasteiger partial charge < -0.3 is 14.6 Å². The van der Waals surface area contributed by atoms with Gasteiger partial charge in [0.1, 0.15) is 5.52 Å². The fraction of sp³-hybridized carbons (Fsp3) is 0.579. The van der Waals surface area contributed by atoms with Crippen molar-refractivity contribution >= 4 is 17.0 Å². The van der Waals surface area contributed by atoms with Crippen molar-refractivity contribution in [2.24, 2.45) is 11.8 Å². The van der Waals surface area contributed by atoms with Gasteiger partial charge in [-0.1, -0.05) is 13.0 Å². The Bertz CT molecular complexity index is 791. The van der Waals surface area contributed by atoms with Gasteiger partial charge in [-0.15, -0.1) is 0 Å². The zero-order valence-corrected chi connectivity index (χ0v) is 14.0. The molecular formula is C19H23N3O2. The summed E-state index contributed by atoms with van der Waals surface area (Å²) in [4.78, 5) is 20.0. The van der Waals surface area contributed by atoms with Crippen molar-refractivity contribution in [2.45, 2.75) is 38.1 Å². The Labute approximate surface area is 141 Å². The molecule has 1 aliphatic carbocycles. The van der Waals surface area contributed by atoms with Crippen LogP contribution in [0.2, 0.25) is 0 Å². The van der Waals surface area contributed by atoms with Crippen molar-refractivity contribution in [3.05, 3.63) is 29.7 Å². The van der Waals surface area contributed by atoms with E-state index in [1.807, 2.05) is 18.2 Å². The van der Waals surface area contributed by atoms with Crippen LogP contribution in [0.15, 0.2) is 22.6 Å². The van der Waals surface area contributed by atoms with Gasteiger partial charge >= 0.3 is 0 Å². The third-order valence-electron chi connectivity index (χ3n) is 6.08. The highest BCUT2D eigenvalue weighted by Crippen LogP contribution is 2.47. The lowest BCUT2D eigenvalue weighted by atomic mass is 9.84. The van der Waals surface area contributed by atoms with Gasteiger partial charge in [-0.25, -0.2) is 4.98 Å². The van der Waals surface area contributed by atoms with Crippen LogP contribution in [0.5, 0.6) is 0 Å². The molecule has 2 aromatic rings. The predicted octanol–water partition coefficient (Wildman–Crippen LogP) is 2.78. The fourth-order valence-corrected chi connectivity index (χ4v) is 4.35. The summed E-state index contributed by atoms with van der Waals surface area (Å²) in [6.45, 7) is 5.55. The standard InChI is InChI=1S/C19H23N3O2/c1-11-9-14(11)19-21-17-13(3-2-4-16(17)24-19)18(23)20-15-10-22-7-5-12(15)6-8-22/h2-4,11-12,14-15H,5-10H2,1H3,(H,20,23). The number of rotatable bonds is 3. The van der Waals surface area contributed by atoms with Gasteiger partial charge in [-0.05, 0) is 56.3 Å². The highest BCUT2D eigenvalue weighted by atomic mass is 16.3. The van der Waals surface area contributed by atoms with E-state index in [-0.39, 0.29) is 11.9 Å². The third kappa shape index (κ3) is 2.34. The monoisotopic (exact) mass is 325 g/mol. The van der Waals surface area contributed by atoms with Gasteiger partial charge in [-0.2, -0.15) is 0 Å². The number of benzene rings is 1. The average molecular weight is 325 g/mol. The van der Waals surface area contributed by atoms with E-state index in [2.05, 4.69) is 22.1 Å². The van der Waals surface area contributed by atoms with Crippen LogP contribution >= 0.6 is 0 Å². The molecule has 2 bridgehead atoms. The Hall–Kier alpha value is -1.88. The lowest BCUT2D eigenvalue weighted by Crippen LogP contribution is -2.57. The Kier molecular flexibility index (Phi) is 3.20. The maximum Gasteiger partial charge on any atom is 0.253 e. The fourth-order valence-electron chi connectivity index (χ4n) is 4.35. The van der Waals surface area contributed by atoms with Crippen molar-refractivity contribution < 1.29 is 9.21 Å². The third-order valence-corrected chi connectivity index (χ3v) is 6.08. The summed E-state index contributed by atoms with van der Waals surface area (Å²) in [5.74, 6) is 2.47. The molecule has 0 radical (unpaired) electrons. The quantitative estimate of drug-likeness (QED) is 0.943. The topological polar surface area (TPSA) is 58.4 Å². The van der Waals surface area contributed by atoms with Gasteiger partial charge in [0.15, 0.2) is 11.5 Å². The van der Waals surface area contributed by atoms with Crippen LogP contribution in [-0.2, 0) is 0 Å². The number of carbonyl (C=O) groups excluding carboxylic acids is 1. The molecule has 3 unspecified atom stereocenters. The molecule has 3 aliphatic heterocycles. The molecule has 1 saturated carbocycles. The number of carbonyl (C=O) groups is 1. The zero-order valence-electron chi connectivity index (χ0n) is 14.0. The SMILES string of the molecule is CC1CC1c1nc2c(C(=O)NC3CN4CCC3CC4)cccc2o1. The molecule has 6 rings (SSSR count). The Morgan fingerprint density at radius 3 is 2.79 bits per heavy atom. The van der Waals surface area contributed by atoms with E-state index in [0.29, 0.717) is 28.8 Å². The first kappa shape index (κ1) is 14.5. The number of oxazole rings is 1. The zero-order chi connectivity index (χ0) is 16.3. The second kappa shape index (κ2) is 5.31. The minimum atomic E-state index is -0.0111. The van der Waals surface area contributed by atoms with Crippen molar-refractivity contribution in [1.29, 1.82) is 0 Å². The molecule has 4 heterocycles. The molecule has 3 atom stereocenters. The number of nitrogens with zero attached hydrogens (tertiary/aromatic N) is 2. The average Bonchev–Trinajstić information content (AvgIpc) is 3.18. The highest BCUT2D eigenvalue weighted by molar-refractivity contribution is 6.04. The molecule has 5 nitrogen and oxygen atoms in total. The summed E-state index contributed by atoms with van der Waals surface area (Å²) in [6.07, 6.45) is 3.53. The number of aromatic nitrogens is 1. The summed E-state index contributed by atoms with van der Waals surface area (Å²) in [7, 11) is 0. The maximum absolute atomic E-state index is 12.9. The van der Waals surface area contributed by atoms with Crippen molar-refractivity contribution in [2.75, 3.05) is 19.6 Å². The number of hydrogen-bond donors (Lipinski definition) is 1. The highest BCUT2D eigenvalue weighted by Gasteiger charge is 2.39. The molecule has 4 aliphatic rings. The number of para-hydroxylation sites is 1. The molecule has 1 N–H and O–H groups in total. The molecule has 1 amide bonds. The van der Waals surface area contributed by atoms with E-state index < -0.39 is 0 Å². The number of fused-ring (bicyclic) bond motifs is 4. The first-order chi connectivity index (χ1) is 11.7. The number of piperidine rings is 3. The van der Waals surface area contributed by atoms with Crippen LogP contribution in [0.25, 0.3) is 11.1 Å². The van der Waals surface area contributed by atoms with Gasteiger partial charge in [0.05, 0.1) is 5.56 Å². The molecule has 5 heteroatoms. The van der Waals surface area contributed by atoms with Crippen LogP contribution in [-0.4, -0.2) is 41.5 Å². The van der Waals surface area contributed by atoms with Crippen LogP contribution in [0, 0.1) is 11.8 Å². The van der Waals surface area contributed by atoms with E-state index in [1.54, 1.807) is 0 Å². The first-order valence-corrected chi connectivity index (χ1v) is 9.11. The summed E-state index contributed by atoms with van der Waals surface area (Å²) in [5.41, 5.74) is 2.09. The van der Waals surface area contributed by atoms with Crippen LogP contribution in [0.4, 0.5) is 0 Å². The van der Waals surface area contributed by atoms with E-state index in [1.165, 1.54) is 25.9 Å². The van der Waals surface area contributed by atoms with Crippen molar-refractivity contribution in [3.63, 3.8) is 0 Å². The molecule has 1 aromatic carbocycles. The maximum atomic E-state index is 12.9. The van der Waals surface area contributed by atoms with E-state index >= 15 is 0 Å². The van der Waals surface area contributed by atoms with Crippen molar-refractivity contribution in [1.82, 2.24) is 15.2 Å². The summed E-state index contributed by atoms with van der Waals surface area (Å²) < 4.78 is 5.89. The minimum absolute atomic E-state index is 0.0111. The van der Waals surface area contributed by atoms with E-state index in [4.69, 9.17) is 4.42 Å². The Balaban J connectivity index is 1.41. The van der Waals surface area contributed by atoms with Crippen LogP contribution in [0.3, 0.4) is 0 Å². The Morgan fingerprint density at radius 1 is 1.33 bits per heavy atom. The summed E-state index contributed by atoms with van der Waals surface area (Å²) in [6, 6.07) is 5.93. The molecule has 24 heavy (non-hydrogen) atoms. The van der Waals surface area contributed by atoms with E-state index in [0.717, 1.165) is 24.4 Å². The number of hydrogen-bond acceptors (Lipinski definition) is 4. The normalized spacial score (nSPS) is 34.5. The largest absolute Gasteiger partial charge is 0.440 e. The molecule has 126 valence electrons. The lowest BCUT2D eigenvalue weighted by molar-refractivity contribution is 0.0621. The Morgan fingerprint density at radius 2 is 2.12 bits per heavy atom. The molecule has 1 aromatic heterocycles. The molecule has 3 saturated heterocycles. The van der Waals surface area contributed by atoms with Crippen LogP contribution < -0.4 is 5.32 Å². The van der Waals surface area contributed by atoms with Gasteiger partial charge in [0, 0.05) is 18.5 Å². The van der Waals surface area contributed by atoms with Gasteiger partial charge in [-0.3, -0.25) is 4.79 Å². The molecular weight excluding hydrogens is 302 g/mol. The lowest BCUT2D eigenvalue weighted by Gasteiger charge is -2.44. The second-order valence-corrected chi connectivity index (χ2v) is 7.74. The molecule has 4 fully saturated rings. The predicted molar refractivity (Wildman–Crippen MR) is 90.9 cm³/mol. The second-order valence-electron chi connectivity index (χ2n) is 7.74. The van der Waals surface area contributed by atoms with Crippen LogP contribution in [0.1, 0.15) is 48.4 Å². The van der Waals surface area contributed by atoms with E-state index in [9.17, 15) is 4.79 Å². The van der Waals surface area contributed by atoms with Crippen molar-refractivity contribution in [3.8, 4) is 0 Å². The smallest absolute Gasteiger partial charge is 0.253 e. The number of nitrogens with one attached hydrogen (secondary N) is 1. The summed E-state index contributed by atoms with van der Waals surface area (Å²) >= 11 is 0.